The fourth-order valence-electron chi connectivity index (χ4n) is 1.96. The standard InChI is InChI=1S/C17H14N2O2S/c20-16(19-17-18-10-11-22-17)12-21-15-8-6-14(7-9-15)13-4-2-1-3-5-13/h1-11H,12H2,(H,18,19,20). The van der Waals surface area contributed by atoms with Crippen LogP contribution in [-0.2, 0) is 4.79 Å². The van der Waals surface area contributed by atoms with E-state index in [9.17, 15) is 4.79 Å². The van der Waals surface area contributed by atoms with Crippen LogP contribution in [0.4, 0.5) is 5.13 Å². The van der Waals surface area contributed by atoms with Crippen molar-refractivity contribution in [2.24, 2.45) is 0 Å². The molecule has 0 aliphatic carbocycles. The third-order valence-corrected chi connectivity index (χ3v) is 3.70. The second-order valence-corrected chi connectivity index (χ2v) is 5.46. The van der Waals surface area contributed by atoms with Crippen molar-refractivity contribution in [2.45, 2.75) is 0 Å². The molecule has 1 N–H and O–H groups in total. The van der Waals surface area contributed by atoms with Gasteiger partial charge in [0.1, 0.15) is 5.75 Å². The summed E-state index contributed by atoms with van der Waals surface area (Å²) in [5.41, 5.74) is 2.26. The number of nitrogens with zero attached hydrogens (tertiary/aromatic N) is 1. The van der Waals surface area contributed by atoms with Crippen molar-refractivity contribution in [1.29, 1.82) is 0 Å². The second kappa shape index (κ2) is 6.87. The van der Waals surface area contributed by atoms with E-state index in [2.05, 4.69) is 22.4 Å². The summed E-state index contributed by atoms with van der Waals surface area (Å²) in [4.78, 5) is 15.7. The van der Waals surface area contributed by atoms with E-state index in [4.69, 9.17) is 4.74 Å². The van der Waals surface area contributed by atoms with Crippen molar-refractivity contribution in [3.05, 3.63) is 66.2 Å². The van der Waals surface area contributed by atoms with E-state index in [0.29, 0.717) is 10.9 Å². The number of amides is 1. The molecule has 0 bridgehead atoms. The maximum absolute atomic E-state index is 11.7. The van der Waals surface area contributed by atoms with Gasteiger partial charge in [-0.2, -0.15) is 0 Å². The number of benzene rings is 2. The van der Waals surface area contributed by atoms with Crippen LogP contribution >= 0.6 is 11.3 Å². The van der Waals surface area contributed by atoms with E-state index in [0.717, 1.165) is 11.1 Å². The lowest BCUT2D eigenvalue weighted by Gasteiger charge is -2.07. The van der Waals surface area contributed by atoms with Gasteiger partial charge in [-0.25, -0.2) is 4.98 Å². The Morgan fingerprint density at radius 1 is 1.05 bits per heavy atom. The molecule has 0 unspecified atom stereocenters. The molecule has 0 spiro atoms. The van der Waals surface area contributed by atoms with Crippen molar-refractivity contribution in [3.63, 3.8) is 0 Å². The van der Waals surface area contributed by atoms with Gasteiger partial charge < -0.3 is 4.74 Å². The van der Waals surface area contributed by atoms with Crippen molar-refractivity contribution < 1.29 is 9.53 Å². The van der Waals surface area contributed by atoms with Crippen molar-refractivity contribution in [2.75, 3.05) is 11.9 Å². The van der Waals surface area contributed by atoms with E-state index in [1.165, 1.54) is 11.3 Å². The minimum atomic E-state index is -0.220. The number of hydrogen-bond donors (Lipinski definition) is 1. The topological polar surface area (TPSA) is 51.2 Å². The summed E-state index contributed by atoms with van der Waals surface area (Å²) < 4.78 is 5.47. The number of carbonyl (C=O) groups excluding carboxylic acids is 1. The Hall–Kier alpha value is -2.66. The van der Waals surface area contributed by atoms with Gasteiger partial charge in [-0.1, -0.05) is 42.5 Å². The zero-order chi connectivity index (χ0) is 15.2. The monoisotopic (exact) mass is 310 g/mol. The molecule has 110 valence electrons. The lowest BCUT2D eigenvalue weighted by atomic mass is 10.1. The molecule has 22 heavy (non-hydrogen) atoms. The predicted octanol–water partition coefficient (Wildman–Crippen LogP) is 3.83. The lowest BCUT2D eigenvalue weighted by Crippen LogP contribution is -2.19. The molecule has 0 aliphatic heterocycles. The quantitative estimate of drug-likeness (QED) is 0.779. The summed E-state index contributed by atoms with van der Waals surface area (Å²) >= 11 is 1.37. The summed E-state index contributed by atoms with van der Waals surface area (Å²) in [7, 11) is 0. The number of aromatic nitrogens is 1. The summed E-state index contributed by atoms with van der Waals surface area (Å²) in [5, 5.41) is 5.05. The first-order valence-electron chi connectivity index (χ1n) is 6.79. The molecule has 5 heteroatoms. The predicted molar refractivity (Wildman–Crippen MR) is 88.1 cm³/mol. The first-order chi connectivity index (χ1) is 10.8. The molecule has 2 aromatic carbocycles. The van der Waals surface area contributed by atoms with Crippen LogP contribution < -0.4 is 10.1 Å². The van der Waals surface area contributed by atoms with Crippen LogP contribution in [0.5, 0.6) is 5.75 Å². The molecule has 1 aromatic heterocycles. The highest BCUT2D eigenvalue weighted by Gasteiger charge is 2.05. The van der Waals surface area contributed by atoms with Gasteiger partial charge in [0.25, 0.3) is 5.91 Å². The summed E-state index contributed by atoms with van der Waals surface area (Å²) in [6.45, 7) is -0.0374. The maximum atomic E-state index is 11.7. The normalized spacial score (nSPS) is 10.2. The van der Waals surface area contributed by atoms with Crippen LogP contribution in [0, 0.1) is 0 Å². The second-order valence-electron chi connectivity index (χ2n) is 4.56. The van der Waals surface area contributed by atoms with Gasteiger partial charge in [-0.3, -0.25) is 10.1 Å². The molecule has 1 heterocycles. The average Bonchev–Trinajstić information content (AvgIpc) is 3.07. The Morgan fingerprint density at radius 3 is 2.45 bits per heavy atom. The average molecular weight is 310 g/mol. The molecule has 0 atom stereocenters. The van der Waals surface area contributed by atoms with Gasteiger partial charge in [0, 0.05) is 11.6 Å². The largest absolute Gasteiger partial charge is 0.484 e. The number of rotatable bonds is 5. The van der Waals surface area contributed by atoms with Crippen LogP contribution in [0.3, 0.4) is 0 Å². The Labute approximate surface area is 132 Å². The lowest BCUT2D eigenvalue weighted by molar-refractivity contribution is -0.118. The number of ether oxygens (including phenoxy) is 1. The van der Waals surface area contributed by atoms with Crippen LogP contribution in [0.25, 0.3) is 11.1 Å². The van der Waals surface area contributed by atoms with Crippen molar-refractivity contribution >= 4 is 22.4 Å². The molecule has 0 saturated heterocycles. The molecular weight excluding hydrogens is 296 g/mol. The fraction of sp³-hybridized carbons (Fsp3) is 0.0588. The molecule has 0 radical (unpaired) electrons. The first kappa shape index (κ1) is 14.3. The number of carbonyl (C=O) groups is 1. The molecule has 0 saturated carbocycles. The Kier molecular flexibility index (Phi) is 4.46. The Balaban J connectivity index is 1.56. The highest BCUT2D eigenvalue weighted by atomic mass is 32.1. The number of anilines is 1. The molecule has 0 fully saturated rings. The number of thiazole rings is 1. The van der Waals surface area contributed by atoms with Gasteiger partial charge in [0.15, 0.2) is 11.7 Å². The van der Waals surface area contributed by atoms with Gasteiger partial charge >= 0.3 is 0 Å². The highest BCUT2D eigenvalue weighted by molar-refractivity contribution is 7.13. The molecule has 3 aromatic rings. The van der Waals surface area contributed by atoms with Crippen LogP contribution in [0.1, 0.15) is 0 Å². The fourth-order valence-corrected chi connectivity index (χ4v) is 2.51. The van der Waals surface area contributed by atoms with Gasteiger partial charge in [0.2, 0.25) is 0 Å². The number of hydrogen-bond acceptors (Lipinski definition) is 4. The minimum Gasteiger partial charge on any atom is -0.484 e. The molecule has 4 nitrogen and oxygen atoms in total. The van der Waals surface area contributed by atoms with Crippen molar-refractivity contribution in [3.8, 4) is 16.9 Å². The summed E-state index contributed by atoms with van der Waals surface area (Å²) in [5.74, 6) is 0.441. The molecule has 0 aliphatic rings. The van der Waals surface area contributed by atoms with Crippen LogP contribution in [-0.4, -0.2) is 17.5 Å². The van der Waals surface area contributed by atoms with E-state index in [1.807, 2.05) is 42.5 Å². The van der Waals surface area contributed by atoms with E-state index in [1.54, 1.807) is 11.6 Å². The smallest absolute Gasteiger partial charge is 0.264 e. The third-order valence-electron chi connectivity index (χ3n) is 3.01. The van der Waals surface area contributed by atoms with E-state index >= 15 is 0 Å². The highest BCUT2D eigenvalue weighted by Crippen LogP contribution is 2.22. The number of nitrogens with one attached hydrogen (secondary N) is 1. The molecular formula is C17H14N2O2S. The van der Waals surface area contributed by atoms with Crippen LogP contribution in [0.2, 0.25) is 0 Å². The van der Waals surface area contributed by atoms with E-state index < -0.39 is 0 Å². The van der Waals surface area contributed by atoms with Gasteiger partial charge in [-0.15, -0.1) is 11.3 Å². The SMILES string of the molecule is O=C(COc1ccc(-c2ccccc2)cc1)Nc1nccs1. The maximum Gasteiger partial charge on any atom is 0.264 e. The summed E-state index contributed by atoms with van der Waals surface area (Å²) in [6, 6.07) is 17.8. The molecule has 1 amide bonds. The minimum absolute atomic E-state index is 0.0374. The first-order valence-corrected chi connectivity index (χ1v) is 7.67. The van der Waals surface area contributed by atoms with Gasteiger partial charge in [0.05, 0.1) is 0 Å². The summed E-state index contributed by atoms with van der Waals surface area (Å²) in [6.07, 6.45) is 1.64. The zero-order valence-corrected chi connectivity index (χ0v) is 12.5. The Bertz CT molecular complexity index is 725. The van der Waals surface area contributed by atoms with Gasteiger partial charge in [-0.05, 0) is 23.3 Å². The third kappa shape index (κ3) is 3.71. The Morgan fingerprint density at radius 2 is 1.77 bits per heavy atom. The van der Waals surface area contributed by atoms with Crippen molar-refractivity contribution in [1.82, 2.24) is 4.98 Å². The molecule has 3 rings (SSSR count). The zero-order valence-electron chi connectivity index (χ0n) is 11.7. The van der Waals surface area contributed by atoms with Crippen LogP contribution in [0.15, 0.2) is 66.2 Å². The van der Waals surface area contributed by atoms with E-state index in [-0.39, 0.29) is 12.5 Å².